The van der Waals surface area contributed by atoms with E-state index < -0.39 is 5.60 Å². The smallest absolute Gasteiger partial charge is 0.410 e. The molecule has 170 valence electrons. The lowest BCUT2D eigenvalue weighted by Gasteiger charge is -2.36. The number of benzene rings is 1. The third kappa shape index (κ3) is 6.97. The topological polar surface area (TPSA) is 79.0 Å². The van der Waals surface area contributed by atoms with Gasteiger partial charge in [-0.15, -0.1) is 0 Å². The van der Waals surface area contributed by atoms with Crippen LogP contribution in [0.4, 0.5) is 4.79 Å². The zero-order valence-corrected chi connectivity index (χ0v) is 18.9. The lowest BCUT2D eigenvalue weighted by Crippen LogP contribution is -2.51. The van der Waals surface area contributed by atoms with Crippen LogP contribution in [0.25, 0.3) is 0 Å². The Morgan fingerprint density at radius 3 is 2.32 bits per heavy atom. The van der Waals surface area contributed by atoms with Crippen LogP contribution >= 0.6 is 0 Å². The Morgan fingerprint density at radius 1 is 1.00 bits per heavy atom. The van der Waals surface area contributed by atoms with Gasteiger partial charge < -0.3 is 19.9 Å². The lowest BCUT2D eigenvalue weighted by atomic mass is 9.95. The van der Waals surface area contributed by atoms with Gasteiger partial charge in [-0.2, -0.15) is 0 Å². The van der Waals surface area contributed by atoms with Gasteiger partial charge in [-0.1, -0.05) is 30.3 Å². The van der Waals surface area contributed by atoms with Crippen molar-refractivity contribution in [2.45, 2.75) is 64.5 Å². The highest BCUT2D eigenvalue weighted by Gasteiger charge is 2.31. The fraction of sp³-hybridized carbons (Fsp3) is 0.625. The molecule has 2 aliphatic rings. The van der Waals surface area contributed by atoms with Crippen LogP contribution in [0.5, 0.6) is 0 Å². The standard InChI is InChI=1S/C24H35N3O4/c1-24(2,3)31-23(30)26-14-11-20(12-15-26)25-22(29)19-10-7-13-27(17-19)21(28)16-18-8-5-4-6-9-18/h4-6,8-9,19-20H,7,10-17H2,1-3H3,(H,25,29). The summed E-state index contributed by atoms with van der Waals surface area (Å²) in [6.07, 6.45) is 3.16. The molecule has 2 fully saturated rings. The molecule has 0 bridgehead atoms. The van der Waals surface area contributed by atoms with Gasteiger partial charge in [-0.3, -0.25) is 9.59 Å². The molecule has 1 atom stereocenters. The highest BCUT2D eigenvalue weighted by molar-refractivity contribution is 5.82. The SMILES string of the molecule is CC(C)(C)OC(=O)N1CCC(NC(=O)C2CCCN(C(=O)Cc3ccccc3)C2)CC1. The number of nitrogens with zero attached hydrogens (tertiary/aromatic N) is 2. The van der Waals surface area contributed by atoms with E-state index in [9.17, 15) is 14.4 Å². The van der Waals surface area contributed by atoms with E-state index in [1.165, 1.54) is 0 Å². The average Bonchev–Trinajstić information content (AvgIpc) is 2.74. The van der Waals surface area contributed by atoms with Crippen LogP contribution in [0, 0.1) is 5.92 Å². The molecule has 0 aromatic heterocycles. The molecular formula is C24H35N3O4. The van der Waals surface area contributed by atoms with E-state index in [1.807, 2.05) is 56.0 Å². The van der Waals surface area contributed by atoms with Crippen molar-refractivity contribution in [3.63, 3.8) is 0 Å². The van der Waals surface area contributed by atoms with Crippen LogP contribution in [-0.4, -0.2) is 65.5 Å². The molecule has 2 heterocycles. The molecule has 0 spiro atoms. The molecule has 2 aliphatic heterocycles. The van der Waals surface area contributed by atoms with E-state index >= 15 is 0 Å². The molecule has 7 nitrogen and oxygen atoms in total. The Balaban J connectivity index is 1.44. The van der Waals surface area contributed by atoms with Crippen molar-refractivity contribution in [3.8, 4) is 0 Å². The van der Waals surface area contributed by atoms with Crippen molar-refractivity contribution in [1.82, 2.24) is 15.1 Å². The molecule has 1 N–H and O–H groups in total. The highest BCUT2D eigenvalue weighted by Crippen LogP contribution is 2.20. The molecule has 1 unspecified atom stereocenters. The number of carbonyl (C=O) groups excluding carboxylic acids is 3. The predicted octanol–water partition coefficient (Wildman–Crippen LogP) is 2.98. The summed E-state index contributed by atoms with van der Waals surface area (Å²) in [7, 11) is 0. The van der Waals surface area contributed by atoms with Crippen molar-refractivity contribution in [2.75, 3.05) is 26.2 Å². The third-order valence-corrected chi connectivity index (χ3v) is 5.84. The first kappa shape index (κ1) is 23.1. The van der Waals surface area contributed by atoms with Gasteiger partial charge in [0.15, 0.2) is 0 Å². The maximum atomic E-state index is 12.8. The van der Waals surface area contributed by atoms with E-state index in [2.05, 4.69) is 5.32 Å². The Hall–Kier alpha value is -2.57. The van der Waals surface area contributed by atoms with Crippen LogP contribution < -0.4 is 5.32 Å². The molecule has 3 rings (SSSR count). The van der Waals surface area contributed by atoms with Crippen molar-refractivity contribution in [3.05, 3.63) is 35.9 Å². The number of hydrogen-bond donors (Lipinski definition) is 1. The lowest BCUT2D eigenvalue weighted by molar-refractivity contribution is -0.135. The molecular weight excluding hydrogens is 394 g/mol. The van der Waals surface area contributed by atoms with E-state index in [0.29, 0.717) is 45.4 Å². The van der Waals surface area contributed by atoms with Crippen LogP contribution in [-0.2, 0) is 20.7 Å². The van der Waals surface area contributed by atoms with E-state index in [4.69, 9.17) is 4.74 Å². The zero-order chi connectivity index (χ0) is 22.4. The summed E-state index contributed by atoms with van der Waals surface area (Å²) in [6.45, 7) is 7.91. The van der Waals surface area contributed by atoms with Crippen molar-refractivity contribution in [1.29, 1.82) is 0 Å². The Kier molecular flexibility index (Phi) is 7.57. The Labute approximate surface area is 185 Å². The quantitative estimate of drug-likeness (QED) is 0.798. The number of ether oxygens (including phenoxy) is 1. The third-order valence-electron chi connectivity index (χ3n) is 5.84. The second-order valence-corrected chi connectivity index (χ2v) is 9.59. The minimum atomic E-state index is -0.507. The van der Waals surface area contributed by atoms with Gasteiger partial charge >= 0.3 is 6.09 Å². The summed E-state index contributed by atoms with van der Waals surface area (Å²) >= 11 is 0. The average molecular weight is 430 g/mol. The number of carbonyl (C=O) groups is 3. The first-order valence-corrected chi connectivity index (χ1v) is 11.3. The van der Waals surface area contributed by atoms with E-state index in [0.717, 1.165) is 18.4 Å². The van der Waals surface area contributed by atoms with Crippen molar-refractivity contribution in [2.24, 2.45) is 5.92 Å². The van der Waals surface area contributed by atoms with Gasteiger partial charge in [0.25, 0.3) is 0 Å². The number of hydrogen-bond acceptors (Lipinski definition) is 4. The molecule has 31 heavy (non-hydrogen) atoms. The number of rotatable bonds is 4. The van der Waals surface area contributed by atoms with E-state index in [1.54, 1.807) is 4.90 Å². The molecule has 0 saturated carbocycles. The van der Waals surface area contributed by atoms with Gasteiger partial charge in [-0.25, -0.2) is 4.79 Å². The molecule has 7 heteroatoms. The Bertz CT molecular complexity index is 767. The summed E-state index contributed by atoms with van der Waals surface area (Å²) in [5.41, 5.74) is 0.489. The predicted molar refractivity (Wildman–Crippen MR) is 118 cm³/mol. The maximum Gasteiger partial charge on any atom is 0.410 e. The molecule has 1 aromatic rings. The van der Waals surface area contributed by atoms with Crippen molar-refractivity contribution >= 4 is 17.9 Å². The molecule has 0 radical (unpaired) electrons. The molecule has 2 saturated heterocycles. The summed E-state index contributed by atoms with van der Waals surface area (Å²) in [5, 5.41) is 3.15. The number of piperidine rings is 2. The first-order chi connectivity index (χ1) is 14.7. The van der Waals surface area contributed by atoms with Gasteiger partial charge in [0.2, 0.25) is 11.8 Å². The van der Waals surface area contributed by atoms with Gasteiger partial charge in [0.05, 0.1) is 12.3 Å². The maximum absolute atomic E-state index is 12.8. The fourth-order valence-electron chi connectivity index (χ4n) is 4.15. The minimum Gasteiger partial charge on any atom is -0.444 e. The van der Waals surface area contributed by atoms with Gasteiger partial charge in [0.1, 0.15) is 5.60 Å². The number of nitrogens with one attached hydrogen (secondary N) is 1. The fourth-order valence-corrected chi connectivity index (χ4v) is 4.15. The summed E-state index contributed by atoms with van der Waals surface area (Å²) < 4.78 is 5.43. The van der Waals surface area contributed by atoms with Crippen LogP contribution in [0.15, 0.2) is 30.3 Å². The van der Waals surface area contributed by atoms with Crippen LogP contribution in [0.1, 0.15) is 52.0 Å². The Morgan fingerprint density at radius 2 is 1.68 bits per heavy atom. The molecule has 0 aliphatic carbocycles. The van der Waals surface area contributed by atoms with E-state index in [-0.39, 0.29) is 29.9 Å². The summed E-state index contributed by atoms with van der Waals surface area (Å²) in [4.78, 5) is 41.2. The number of likely N-dealkylation sites (tertiary alicyclic amines) is 2. The van der Waals surface area contributed by atoms with Gasteiger partial charge in [0, 0.05) is 32.2 Å². The summed E-state index contributed by atoms with van der Waals surface area (Å²) in [5.74, 6) is -0.0698. The van der Waals surface area contributed by atoms with Gasteiger partial charge in [-0.05, 0) is 52.0 Å². The summed E-state index contributed by atoms with van der Waals surface area (Å²) in [6, 6.07) is 9.77. The second-order valence-electron chi connectivity index (χ2n) is 9.59. The largest absolute Gasteiger partial charge is 0.444 e. The monoisotopic (exact) mass is 429 g/mol. The van der Waals surface area contributed by atoms with Crippen LogP contribution in [0.2, 0.25) is 0 Å². The highest BCUT2D eigenvalue weighted by atomic mass is 16.6. The molecule has 1 aromatic carbocycles. The normalized spacial score (nSPS) is 20.3. The zero-order valence-electron chi connectivity index (χ0n) is 18.9. The van der Waals surface area contributed by atoms with Crippen molar-refractivity contribution < 1.29 is 19.1 Å². The number of amides is 3. The van der Waals surface area contributed by atoms with Crippen LogP contribution in [0.3, 0.4) is 0 Å². The minimum absolute atomic E-state index is 0.0212. The second kappa shape index (κ2) is 10.2. The molecule has 3 amide bonds. The first-order valence-electron chi connectivity index (χ1n) is 11.3.